The first-order chi connectivity index (χ1) is 14.7. The summed E-state index contributed by atoms with van der Waals surface area (Å²) >= 11 is 0. The number of carbonyl (C=O) groups excluding carboxylic acids is 1. The number of Topliss-reactive ketones (excluding diaryl/α,β-unsaturated/α-hetero) is 1. The molecule has 0 saturated carbocycles. The molecule has 0 spiro atoms. The van der Waals surface area contributed by atoms with Crippen LogP contribution >= 0.6 is 0 Å². The number of ether oxygens (including phenoxy) is 2. The maximum absolute atomic E-state index is 13.4. The third-order valence-corrected chi connectivity index (χ3v) is 5.88. The van der Waals surface area contributed by atoms with Crippen LogP contribution < -0.4 is 14.8 Å². The summed E-state index contributed by atoms with van der Waals surface area (Å²) < 4.78 is 12.3. The number of allylic oxidation sites excluding steroid dienone is 2. The Morgan fingerprint density at radius 2 is 1.57 bits per heavy atom. The molecule has 0 amide bonds. The molecular formula is C23H22N4O3. The number of nitrogens with zero attached hydrogens (tertiary/aromatic N) is 3. The molecule has 1 aromatic heterocycles. The van der Waals surface area contributed by atoms with Crippen molar-refractivity contribution in [3.63, 3.8) is 0 Å². The van der Waals surface area contributed by atoms with E-state index in [1.54, 1.807) is 18.9 Å². The number of methoxy groups -OCH3 is 2. The van der Waals surface area contributed by atoms with Gasteiger partial charge in [0.05, 0.1) is 14.2 Å². The summed E-state index contributed by atoms with van der Waals surface area (Å²) in [6.07, 6.45) is 2.72. The van der Waals surface area contributed by atoms with Gasteiger partial charge in [-0.25, -0.2) is 4.68 Å². The van der Waals surface area contributed by atoms with E-state index in [0.717, 1.165) is 40.3 Å². The lowest BCUT2D eigenvalue weighted by molar-refractivity contribution is -0.116. The number of fused-ring (bicyclic) bond motifs is 1. The number of nitrogens with one attached hydrogen (secondary N) is 1. The predicted molar refractivity (Wildman–Crippen MR) is 112 cm³/mol. The Kier molecular flexibility index (Phi) is 4.50. The fourth-order valence-corrected chi connectivity index (χ4v) is 4.36. The number of ketones is 1. The molecule has 0 bridgehead atoms. The monoisotopic (exact) mass is 402 g/mol. The van der Waals surface area contributed by atoms with Crippen molar-refractivity contribution in [3.05, 3.63) is 77.3 Å². The standard InChI is InChI=1S/C23H22N4O3/c1-29-17-7-3-14(4-8-17)16-11-19-21(20(28)12-16)22(27-23(26-19)24-13-25-27)15-5-9-18(30-2)10-6-15/h3-10,13,16,22H,11-12H2,1-2H3,(H,24,25,26)/t16-,22-/m0/s1. The van der Waals surface area contributed by atoms with Crippen LogP contribution in [0.15, 0.2) is 66.1 Å². The number of hydrogen-bond acceptors (Lipinski definition) is 6. The molecule has 2 heterocycles. The van der Waals surface area contributed by atoms with E-state index in [0.29, 0.717) is 12.4 Å². The van der Waals surface area contributed by atoms with Crippen LogP contribution in [0.3, 0.4) is 0 Å². The van der Waals surface area contributed by atoms with Gasteiger partial charge in [0.1, 0.15) is 23.9 Å². The van der Waals surface area contributed by atoms with Crippen LogP contribution in [0.5, 0.6) is 11.5 Å². The minimum atomic E-state index is -0.297. The van der Waals surface area contributed by atoms with E-state index in [-0.39, 0.29) is 17.7 Å². The summed E-state index contributed by atoms with van der Waals surface area (Å²) in [6, 6.07) is 15.4. The van der Waals surface area contributed by atoms with Crippen LogP contribution in [0.25, 0.3) is 0 Å². The lowest BCUT2D eigenvalue weighted by atomic mass is 9.78. The molecule has 3 aromatic rings. The van der Waals surface area contributed by atoms with E-state index in [1.807, 2.05) is 48.5 Å². The molecule has 1 aliphatic carbocycles. The van der Waals surface area contributed by atoms with Gasteiger partial charge < -0.3 is 14.8 Å². The largest absolute Gasteiger partial charge is 0.497 e. The first-order valence-corrected chi connectivity index (χ1v) is 9.88. The number of benzene rings is 2. The molecule has 5 rings (SSSR count). The Hall–Kier alpha value is -3.61. The summed E-state index contributed by atoms with van der Waals surface area (Å²) in [5, 5.41) is 7.74. The fraction of sp³-hybridized carbons (Fsp3) is 0.261. The molecule has 0 unspecified atom stereocenters. The Labute approximate surface area is 174 Å². The second-order valence-corrected chi connectivity index (χ2v) is 7.52. The highest BCUT2D eigenvalue weighted by molar-refractivity contribution is 6.00. The molecule has 7 nitrogen and oxygen atoms in total. The van der Waals surface area contributed by atoms with Crippen molar-refractivity contribution in [1.82, 2.24) is 14.8 Å². The van der Waals surface area contributed by atoms with Gasteiger partial charge in [-0.15, -0.1) is 0 Å². The fourth-order valence-electron chi connectivity index (χ4n) is 4.36. The number of rotatable bonds is 4. The van der Waals surface area contributed by atoms with Crippen LogP contribution in [0.2, 0.25) is 0 Å². The van der Waals surface area contributed by atoms with Crippen molar-refractivity contribution in [2.75, 3.05) is 19.5 Å². The summed E-state index contributed by atoms with van der Waals surface area (Å²) in [4.78, 5) is 17.7. The molecule has 2 atom stereocenters. The van der Waals surface area contributed by atoms with Crippen LogP contribution in [0.1, 0.15) is 35.9 Å². The average molecular weight is 402 g/mol. The molecule has 0 radical (unpaired) electrons. The topological polar surface area (TPSA) is 78.3 Å². The van der Waals surface area contributed by atoms with Crippen LogP contribution in [0.4, 0.5) is 5.95 Å². The first kappa shape index (κ1) is 18.4. The SMILES string of the molecule is COc1ccc([C@@H]2CC(=O)C3=C(C2)Nc2ncnn2[C@H]3c2ccc(OC)cc2)cc1. The van der Waals surface area contributed by atoms with Crippen molar-refractivity contribution in [2.24, 2.45) is 0 Å². The van der Waals surface area contributed by atoms with Gasteiger partial charge in [-0.05, 0) is 47.7 Å². The van der Waals surface area contributed by atoms with E-state index in [1.165, 1.54) is 6.33 Å². The first-order valence-electron chi connectivity index (χ1n) is 9.88. The van der Waals surface area contributed by atoms with Crippen molar-refractivity contribution < 1.29 is 14.3 Å². The minimum Gasteiger partial charge on any atom is -0.497 e. The van der Waals surface area contributed by atoms with E-state index in [4.69, 9.17) is 9.47 Å². The smallest absolute Gasteiger partial charge is 0.226 e. The molecule has 1 aliphatic heterocycles. The zero-order chi connectivity index (χ0) is 20.7. The van der Waals surface area contributed by atoms with Gasteiger partial charge in [-0.1, -0.05) is 24.3 Å². The average Bonchev–Trinajstić information content (AvgIpc) is 3.26. The van der Waals surface area contributed by atoms with E-state index < -0.39 is 0 Å². The van der Waals surface area contributed by atoms with Crippen LogP contribution in [-0.2, 0) is 4.79 Å². The third kappa shape index (κ3) is 3.03. The molecule has 2 aromatic carbocycles. The predicted octanol–water partition coefficient (Wildman–Crippen LogP) is 3.71. The Bertz CT molecular complexity index is 1120. The minimum absolute atomic E-state index is 0.112. The Balaban J connectivity index is 1.54. The van der Waals surface area contributed by atoms with Gasteiger partial charge in [0.15, 0.2) is 5.78 Å². The Morgan fingerprint density at radius 3 is 2.20 bits per heavy atom. The maximum atomic E-state index is 13.4. The molecule has 7 heteroatoms. The Morgan fingerprint density at radius 1 is 0.933 bits per heavy atom. The zero-order valence-electron chi connectivity index (χ0n) is 16.8. The van der Waals surface area contributed by atoms with Crippen molar-refractivity contribution in [1.29, 1.82) is 0 Å². The molecular weight excluding hydrogens is 380 g/mol. The van der Waals surface area contributed by atoms with Gasteiger partial charge in [-0.3, -0.25) is 4.79 Å². The summed E-state index contributed by atoms with van der Waals surface area (Å²) in [6.45, 7) is 0. The highest BCUT2D eigenvalue weighted by atomic mass is 16.5. The lowest BCUT2D eigenvalue weighted by Crippen LogP contribution is -2.33. The van der Waals surface area contributed by atoms with Crippen molar-refractivity contribution in [2.45, 2.75) is 24.8 Å². The van der Waals surface area contributed by atoms with Crippen molar-refractivity contribution >= 4 is 11.7 Å². The zero-order valence-corrected chi connectivity index (χ0v) is 16.8. The summed E-state index contributed by atoms with van der Waals surface area (Å²) in [5.41, 5.74) is 3.80. The van der Waals surface area contributed by atoms with Crippen LogP contribution in [-0.4, -0.2) is 34.8 Å². The van der Waals surface area contributed by atoms with Gasteiger partial charge in [0.2, 0.25) is 5.95 Å². The van der Waals surface area contributed by atoms with Gasteiger partial charge in [0, 0.05) is 17.7 Å². The molecule has 0 saturated heterocycles. The van der Waals surface area contributed by atoms with Crippen molar-refractivity contribution in [3.8, 4) is 11.5 Å². The summed E-state index contributed by atoms with van der Waals surface area (Å²) in [7, 11) is 3.29. The highest BCUT2D eigenvalue weighted by Crippen LogP contribution is 2.44. The number of hydrogen-bond donors (Lipinski definition) is 1. The quantitative estimate of drug-likeness (QED) is 0.717. The molecule has 30 heavy (non-hydrogen) atoms. The molecule has 152 valence electrons. The number of carbonyl (C=O) groups is 1. The van der Waals surface area contributed by atoms with Crippen LogP contribution in [0, 0.1) is 0 Å². The maximum Gasteiger partial charge on any atom is 0.226 e. The normalized spacial score (nSPS) is 20.3. The van der Waals surface area contributed by atoms with Gasteiger partial charge >= 0.3 is 0 Å². The highest BCUT2D eigenvalue weighted by Gasteiger charge is 2.39. The lowest BCUT2D eigenvalue weighted by Gasteiger charge is -2.35. The summed E-state index contributed by atoms with van der Waals surface area (Å²) in [5.74, 6) is 2.48. The van der Waals surface area contributed by atoms with E-state index in [2.05, 4.69) is 15.4 Å². The second kappa shape index (κ2) is 7.33. The van der Waals surface area contributed by atoms with E-state index >= 15 is 0 Å². The van der Waals surface area contributed by atoms with Gasteiger partial charge in [-0.2, -0.15) is 10.1 Å². The molecule has 0 fully saturated rings. The molecule has 2 aliphatic rings. The van der Waals surface area contributed by atoms with Gasteiger partial charge in [0.25, 0.3) is 0 Å². The number of anilines is 1. The number of aromatic nitrogens is 3. The molecule has 1 N–H and O–H groups in total. The third-order valence-electron chi connectivity index (χ3n) is 5.88. The van der Waals surface area contributed by atoms with E-state index in [9.17, 15) is 4.79 Å². The second-order valence-electron chi connectivity index (χ2n) is 7.52.